The molecule has 8 heteroatoms. The first-order chi connectivity index (χ1) is 11.5. The summed E-state index contributed by atoms with van der Waals surface area (Å²) >= 11 is 0. The number of hydrogen-bond donors (Lipinski definition) is 1. The van der Waals surface area contributed by atoms with Crippen LogP contribution in [0.3, 0.4) is 0 Å². The van der Waals surface area contributed by atoms with Crippen molar-refractivity contribution in [1.82, 2.24) is 34.8 Å². The number of amides is 1. The second kappa shape index (κ2) is 6.23. The van der Waals surface area contributed by atoms with Gasteiger partial charge in [0.2, 0.25) is 5.91 Å². The number of nitrogens with one attached hydrogen (secondary N) is 1. The molecule has 0 fully saturated rings. The van der Waals surface area contributed by atoms with Crippen molar-refractivity contribution in [3.05, 3.63) is 41.6 Å². The molecule has 3 aromatic rings. The van der Waals surface area contributed by atoms with E-state index in [1.165, 1.54) is 0 Å². The van der Waals surface area contributed by atoms with Gasteiger partial charge in [0.15, 0.2) is 17.5 Å². The fourth-order valence-corrected chi connectivity index (χ4v) is 2.50. The summed E-state index contributed by atoms with van der Waals surface area (Å²) in [6, 6.07) is 3.84. The quantitative estimate of drug-likeness (QED) is 0.772. The number of pyridine rings is 1. The number of aryl methyl sites for hydroxylation is 3. The van der Waals surface area contributed by atoms with Crippen LogP contribution < -0.4 is 5.32 Å². The molecule has 124 valence electrons. The maximum atomic E-state index is 11.7. The average Bonchev–Trinajstić information content (AvgIpc) is 3.13. The number of hydrogen-bond acceptors (Lipinski definition) is 5. The summed E-state index contributed by atoms with van der Waals surface area (Å²) in [7, 11) is 3.43. The zero-order valence-corrected chi connectivity index (χ0v) is 14.1. The van der Waals surface area contributed by atoms with Crippen LogP contribution in [0.4, 0.5) is 0 Å². The van der Waals surface area contributed by atoms with E-state index in [1.807, 2.05) is 33.0 Å². The Hall–Kier alpha value is -3.03. The zero-order chi connectivity index (χ0) is 17.3. The van der Waals surface area contributed by atoms with E-state index in [1.54, 1.807) is 28.8 Å². The van der Waals surface area contributed by atoms with Gasteiger partial charge < -0.3 is 5.32 Å². The molecule has 0 saturated heterocycles. The normalized spacial score (nSPS) is 10.8. The van der Waals surface area contributed by atoms with Crippen LogP contribution >= 0.6 is 0 Å². The van der Waals surface area contributed by atoms with Crippen LogP contribution in [0, 0.1) is 13.8 Å². The van der Waals surface area contributed by atoms with Crippen molar-refractivity contribution in [3.63, 3.8) is 0 Å². The summed E-state index contributed by atoms with van der Waals surface area (Å²) in [6.45, 7) is 3.95. The topological polar surface area (TPSA) is 90.5 Å². The lowest BCUT2D eigenvalue weighted by molar-refractivity contribution is -0.120. The second-order valence-electron chi connectivity index (χ2n) is 5.57. The van der Waals surface area contributed by atoms with E-state index in [-0.39, 0.29) is 12.3 Å². The van der Waals surface area contributed by atoms with Gasteiger partial charge in [-0.1, -0.05) is 0 Å². The number of carbonyl (C=O) groups excluding carboxylic acids is 1. The number of aromatic nitrogens is 6. The van der Waals surface area contributed by atoms with Gasteiger partial charge in [0.05, 0.1) is 12.6 Å². The van der Waals surface area contributed by atoms with Crippen LogP contribution in [0.15, 0.2) is 24.5 Å². The monoisotopic (exact) mass is 325 g/mol. The molecular weight excluding hydrogens is 306 g/mol. The standard InChI is InChI=1S/C16H19N7O/c1-10-7-11(2)18-9-12(10)16-20-13(8-14(24)17-3)21-23(16)15-5-6-19-22(15)4/h5-7,9H,8H2,1-4H3,(H,17,24). The molecule has 1 amide bonds. The molecule has 8 nitrogen and oxygen atoms in total. The molecule has 0 atom stereocenters. The molecule has 0 spiro atoms. The summed E-state index contributed by atoms with van der Waals surface area (Å²) < 4.78 is 3.41. The Morgan fingerprint density at radius 2 is 2.12 bits per heavy atom. The molecule has 0 aliphatic carbocycles. The van der Waals surface area contributed by atoms with Crippen molar-refractivity contribution in [2.24, 2.45) is 7.05 Å². The predicted octanol–water partition coefficient (Wildman–Crippen LogP) is 0.968. The fourth-order valence-electron chi connectivity index (χ4n) is 2.50. The first-order valence-corrected chi connectivity index (χ1v) is 7.58. The third-order valence-electron chi connectivity index (χ3n) is 3.75. The maximum Gasteiger partial charge on any atom is 0.227 e. The molecule has 24 heavy (non-hydrogen) atoms. The van der Waals surface area contributed by atoms with Crippen molar-refractivity contribution in [3.8, 4) is 17.2 Å². The van der Waals surface area contributed by atoms with Gasteiger partial charge in [-0.3, -0.25) is 14.5 Å². The Morgan fingerprint density at radius 3 is 2.75 bits per heavy atom. The van der Waals surface area contributed by atoms with Crippen LogP contribution in [-0.4, -0.2) is 42.5 Å². The van der Waals surface area contributed by atoms with Crippen LogP contribution in [0.1, 0.15) is 17.1 Å². The first-order valence-electron chi connectivity index (χ1n) is 7.58. The molecule has 0 radical (unpaired) electrons. The van der Waals surface area contributed by atoms with Crippen LogP contribution in [0.25, 0.3) is 17.2 Å². The summed E-state index contributed by atoms with van der Waals surface area (Å²) in [5, 5.41) is 11.3. The number of nitrogens with zero attached hydrogens (tertiary/aromatic N) is 6. The van der Waals surface area contributed by atoms with Gasteiger partial charge in [0, 0.05) is 37.6 Å². The molecule has 0 aromatic carbocycles. The molecular formula is C16H19N7O. The van der Waals surface area contributed by atoms with Gasteiger partial charge in [0.25, 0.3) is 0 Å². The number of rotatable bonds is 4. The molecule has 3 heterocycles. The zero-order valence-electron chi connectivity index (χ0n) is 14.1. The Bertz CT molecular complexity index is 894. The number of likely N-dealkylation sites (N-methyl/N-ethyl adjacent to an activating group) is 1. The van der Waals surface area contributed by atoms with Gasteiger partial charge in [-0.25, -0.2) is 4.98 Å². The van der Waals surface area contributed by atoms with E-state index in [4.69, 9.17) is 0 Å². The summed E-state index contributed by atoms with van der Waals surface area (Å²) in [5.74, 6) is 1.72. The Kier molecular flexibility index (Phi) is 4.11. The third kappa shape index (κ3) is 2.90. The van der Waals surface area contributed by atoms with Crippen LogP contribution in [0.2, 0.25) is 0 Å². The smallest absolute Gasteiger partial charge is 0.227 e. The first kappa shape index (κ1) is 15.9. The third-order valence-corrected chi connectivity index (χ3v) is 3.75. The van der Waals surface area contributed by atoms with Gasteiger partial charge in [0.1, 0.15) is 0 Å². The Morgan fingerprint density at radius 1 is 1.33 bits per heavy atom. The summed E-state index contributed by atoms with van der Waals surface area (Å²) in [4.78, 5) is 20.6. The SMILES string of the molecule is CNC(=O)Cc1nc(-c2cnc(C)cc2C)n(-c2ccnn2C)n1. The van der Waals surface area contributed by atoms with Crippen molar-refractivity contribution < 1.29 is 4.79 Å². The minimum atomic E-state index is -0.137. The van der Waals surface area contributed by atoms with E-state index in [2.05, 4.69) is 25.5 Å². The lowest BCUT2D eigenvalue weighted by Gasteiger charge is -2.08. The van der Waals surface area contributed by atoms with E-state index in [9.17, 15) is 4.79 Å². The minimum absolute atomic E-state index is 0.118. The van der Waals surface area contributed by atoms with Gasteiger partial charge >= 0.3 is 0 Å². The highest BCUT2D eigenvalue weighted by Gasteiger charge is 2.19. The Labute approximate surface area is 139 Å². The highest BCUT2D eigenvalue weighted by Crippen LogP contribution is 2.24. The minimum Gasteiger partial charge on any atom is -0.359 e. The Balaban J connectivity index is 2.16. The highest BCUT2D eigenvalue weighted by molar-refractivity contribution is 5.77. The van der Waals surface area contributed by atoms with E-state index in [0.717, 1.165) is 22.6 Å². The molecule has 0 aliphatic heterocycles. The average molecular weight is 325 g/mol. The van der Waals surface area contributed by atoms with Crippen LogP contribution in [-0.2, 0) is 18.3 Å². The van der Waals surface area contributed by atoms with Crippen LogP contribution in [0.5, 0.6) is 0 Å². The summed E-state index contributed by atoms with van der Waals surface area (Å²) in [5.41, 5.74) is 2.86. The molecule has 1 N–H and O–H groups in total. The van der Waals surface area contributed by atoms with Crippen molar-refractivity contribution in [2.45, 2.75) is 20.3 Å². The van der Waals surface area contributed by atoms with E-state index >= 15 is 0 Å². The maximum absolute atomic E-state index is 11.7. The molecule has 0 unspecified atom stereocenters. The molecule has 0 saturated carbocycles. The highest BCUT2D eigenvalue weighted by atomic mass is 16.1. The fraction of sp³-hybridized carbons (Fsp3) is 0.312. The van der Waals surface area contributed by atoms with Crippen molar-refractivity contribution in [2.75, 3.05) is 7.05 Å². The van der Waals surface area contributed by atoms with Crippen molar-refractivity contribution >= 4 is 5.91 Å². The molecule has 0 bridgehead atoms. The largest absolute Gasteiger partial charge is 0.359 e. The van der Waals surface area contributed by atoms with Gasteiger partial charge in [-0.05, 0) is 25.5 Å². The van der Waals surface area contributed by atoms with E-state index in [0.29, 0.717) is 11.6 Å². The molecule has 3 rings (SSSR count). The second-order valence-corrected chi connectivity index (χ2v) is 5.57. The molecule has 3 aromatic heterocycles. The van der Waals surface area contributed by atoms with E-state index < -0.39 is 0 Å². The number of carbonyl (C=O) groups is 1. The predicted molar refractivity (Wildman–Crippen MR) is 88.6 cm³/mol. The van der Waals surface area contributed by atoms with Gasteiger partial charge in [-0.15, -0.1) is 5.10 Å². The van der Waals surface area contributed by atoms with Gasteiger partial charge in [-0.2, -0.15) is 9.78 Å². The summed E-state index contributed by atoms with van der Waals surface area (Å²) in [6.07, 6.45) is 3.59. The lowest BCUT2D eigenvalue weighted by atomic mass is 10.1. The van der Waals surface area contributed by atoms with Crippen molar-refractivity contribution in [1.29, 1.82) is 0 Å². The molecule has 0 aliphatic rings. The lowest BCUT2D eigenvalue weighted by Crippen LogP contribution is -2.20.